The molecule has 1 aromatic carbocycles. The van der Waals surface area contributed by atoms with Gasteiger partial charge in [0, 0.05) is 12.0 Å². The molecule has 0 aromatic heterocycles. The first-order chi connectivity index (χ1) is 8.01. The number of carbonyl (C=O) groups is 1. The summed E-state index contributed by atoms with van der Waals surface area (Å²) in [6.45, 7) is 6.66. The highest BCUT2D eigenvalue weighted by Crippen LogP contribution is 2.44. The standard InChI is InChI=1S/C16H20O/c1-12-9-10-14(16(12,2)3)11-15(17)13-7-5-4-6-8-13/h4-9,14H,10-11H2,1-3H3. The monoisotopic (exact) mass is 228 g/mol. The molecule has 1 atom stereocenters. The topological polar surface area (TPSA) is 17.1 Å². The van der Waals surface area contributed by atoms with Gasteiger partial charge in [0.05, 0.1) is 0 Å². The van der Waals surface area contributed by atoms with Crippen molar-refractivity contribution < 1.29 is 4.79 Å². The lowest BCUT2D eigenvalue weighted by atomic mass is 9.75. The van der Waals surface area contributed by atoms with E-state index in [1.807, 2.05) is 30.3 Å². The number of rotatable bonds is 3. The van der Waals surface area contributed by atoms with Gasteiger partial charge in [0.1, 0.15) is 0 Å². The van der Waals surface area contributed by atoms with Crippen molar-refractivity contribution in [2.24, 2.45) is 11.3 Å². The van der Waals surface area contributed by atoms with Crippen LogP contribution in [0, 0.1) is 11.3 Å². The molecule has 1 heteroatoms. The van der Waals surface area contributed by atoms with Crippen LogP contribution in [0.25, 0.3) is 0 Å². The number of hydrogen-bond acceptors (Lipinski definition) is 1. The number of carbonyl (C=O) groups excluding carboxylic acids is 1. The maximum atomic E-state index is 12.2. The predicted octanol–water partition coefficient (Wildman–Crippen LogP) is 4.25. The highest BCUT2D eigenvalue weighted by molar-refractivity contribution is 5.96. The third-order valence-electron chi connectivity index (χ3n) is 4.27. The van der Waals surface area contributed by atoms with Crippen LogP contribution in [0.1, 0.15) is 44.0 Å². The fourth-order valence-electron chi connectivity index (χ4n) is 2.50. The SMILES string of the molecule is CC1=CCC(CC(=O)c2ccccc2)C1(C)C. The van der Waals surface area contributed by atoms with Gasteiger partial charge in [0.2, 0.25) is 0 Å². The third kappa shape index (κ3) is 2.33. The minimum atomic E-state index is 0.171. The van der Waals surface area contributed by atoms with E-state index in [-0.39, 0.29) is 11.2 Å². The summed E-state index contributed by atoms with van der Waals surface area (Å²) in [5.41, 5.74) is 2.43. The van der Waals surface area contributed by atoms with Gasteiger partial charge in [-0.1, -0.05) is 55.8 Å². The molecule has 90 valence electrons. The Bertz CT molecular complexity index is 440. The lowest BCUT2D eigenvalue weighted by Gasteiger charge is -2.29. The smallest absolute Gasteiger partial charge is 0.163 e. The van der Waals surface area contributed by atoms with E-state index in [0.29, 0.717) is 12.3 Å². The van der Waals surface area contributed by atoms with Crippen LogP contribution in [0.3, 0.4) is 0 Å². The predicted molar refractivity (Wildman–Crippen MR) is 71.0 cm³/mol. The number of Topliss-reactive ketones (excluding diaryl/α,β-unsaturated/α-hetero) is 1. The Morgan fingerprint density at radius 1 is 1.29 bits per heavy atom. The van der Waals surface area contributed by atoms with Gasteiger partial charge in [0.25, 0.3) is 0 Å². The number of hydrogen-bond donors (Lipinski definition) is 0. The van der Waals surface area contributed by atoms with Crippen LogP contribution in [0.4, 0.5) is 0 Å². The van der Waals surface area contributed by atoms with Crippen LogP contribution < -0.4 is 0 Å². The van der Waals surface area contributed by atoms with E-state index in [4.69, 9.17) is 0 Å². The van der Waals surface area contributed by atoms with Gasteiger partial charge < -0.3 is 0 Å². The normalized spacial score (nSPS) is 22.3. The molecule has 1 aromatic rings. The molecule has 1 unspecified atom stereocenters. The average Bonchev–Trinajstić information content (AvgIpc) is 2.57. The summed E-state index contributed by atoms with van der Waals surface area (Å²) in [7, 11) is 0. The minimum absolute atomic E-state index is 0.171. The Morgan fingerprint density at radius 3 is 2.47 bits per heavy atom. The van der Waals surface area contributed by atoms with Crippen molar-refractivity contribution in [1.82, 2.24) is 0 Å². The molecule has 0 saturated heterocycles. The second-order valence-corrected chi connectivity index (χ2v) is 5.53. The van der Waals surface area contributed by atoms with Crippen LogP contribution >= 0.6 is 0 Å². The summed E-state index contributed by atoms with van der Waals surface area (Å²) in [5.74, 6) is 0.724. The Hall–Kier alpha value is -1.37. The van der Waals surface area contributed by atoms with E-state index in [2.05, 4.69) is 26.8 Å². The second-order valence-electron chi connectivity index (χ2n) is 5.53. The number of ketones is 1. The first-order valence-corrected chi connectivity index (χ1v) is 6.27. The summed E-state index contributed by atoms with van der Waals surface area (Å²) in [5, 5.41) is 0. The lowest BCUT2D eigenvalue weighted by molar-refractivity contribution is 0.0934. The molecule has 1 aliphatic carbocycles. The number of benzene rings is 1. The van der Waals surface area contributed by atoms with Crippen LogP contribution in [0.2, 0.25) is 0 Å². The van der Waals surface area contributed by atoms with Gasteiger partial charge in [-0.2, -0.15) is 0 Å². The minimum Gasteiger partial charge on any atom is -0.294 e. The van der Waals surface area contributed by atoms with E-state index in [1.54, 1.807) is 0 Å². The second kappa shape index (κ2) is 4.48. The maximum absolute atomic E-state index is 12.2. The summed E-state index contributed by atoms with van der Waals surface area (Å²) >= 11 is 0. The van der Waals surface area contributed by atoms with Crippen molar-refractivity contribution in [2.45, 2.75) is 33.6 Å². The molecule has 0 bridgehead atoms. The zero-order chi connectivity index (χ0) is 12.5. The summed E-state index contributed by atoms with van der Waals surface area (Å²) < 4.78 is 0. The molecular formula is C16H20O. The Morgan fingerprint density at radius 2 is 1.94 bits per heavy atom. The molecule has 2 rings (SSSR count). The molecule has 0 aliphatic heterocycles. The van der Waals surface area contributed by atoms with Gasteiger partial charge >= 0.3 is 0 Å². The van der Waals surface area contributed by atoms with Crippen molar-refractivity contribution in [3.63, 3.8) is 0 Å². The molecular weight excluding hydrogens is 208 g/mol. The van der Waals surface area contributed by atoms with E-state index in [9.17, 15) is 4.79 Å². The molecule has 0 fully saturated rings. The molecule has 1 aliphatic rings. The van der Waals surface area contributed by atoms with Gasteiger partial charge in [0.15, 0.2) is 5.78 Å². The Kier molecular flexibility index (Phi) is 3.19. The Balaban J connectivity index is 2.07. The highest BCUT2D eigenvalue weighted by atomic mass is 16.1. The van der Waals surface area contributed by atoms with Crippen molar-refractivity contribution in [3.05, 3.63) is 47.5 Å². The van der Waals surface area contributed by atoms with Crippen molar-refractivity contribution in [3.8, 4) is 0 Å². The lowest BCUT2D eigenvalue weighted by Crippen LogP contribution is -2.23. The molecule has 0 heterocycles. The van der Waals surface area contributed by atoms with Crippen molar-refractivity contribution in [1.29, 1.82) is 0 Å². The first-order valence-electron chi connectivity index (χ1n) is 6.27. The molecule has 0 amide bonds. The number of allylic oxidation sites excluding steroid dienone is 2. The average molecular weight is 228 g/mol. The van der Waals surface area contributed by atoms with E-state index in [0.717, 1.165) is 12.0 Å². The summed E-state index contributed by atoms with van der Waals surface area (Å²) in [4.78, 5) is 12.2. The van der Waals surface area contributed by atoms with Crippen molar-refractivity contribution >= 4 is 5.78 Å². The highest BCUT2D eigenvalue weighted by Gasteiger charge is 2.35. The molecule has 0 saturated carbocycles. The molecule has 0 N–H and O–H groups in total. The molecule has 1 nitrogen and oxygen atoms in total. The Labute approximate surface area is 104 Å². The third-order valence-corrected chi connectivity index (χ3v) is 4.27. The van der Waals surface area contributed by atoms with E-state index >= 15 is 0 Å². The van der Waals surface area contributed by atoms with Crippen LogP contribution in [0.5, 0.6) is 0 Å². The summed E-state index contributed by atoms with van der Waals surface area (Å²) in [6, 6.07) is 9.62. The zero-order valence-electron chi connectivity index (χ0n) is 10.9. The fourth-order valence-corrected chi connectivity index (χ4v) is 2.50. The zero-order valence-corrected chi connectivity index (χ0v) is 10.9. The quantitative estimate of drug-likeness (QED) is 0.558. The largest absolute Gasteiger partial charge is 0.294 e. The van der Waals surface area contributed by atoms with Crippen LogP contribution in [-0.2, 0) is 0 Å². The molecule has 0 radical (unpaired) electrons. The van der Waals surface area contributed by atoms with Crippen LogP contribution in [-0.4, -0.2) is 5.78 Å². The van der Waals surface area contributed by atoms with Gasteiger partial charge in [-0.3, -0.25) is 4.79 Å². The maximum Gasteiger partial charge on any atom is 0.163 e. The fraction of sp³-hybridized carbons (Fsp3) is 0.438. The molecule has 17 heavy (non-hydrogen) atoms. The first kappa shape index (κ1) is 12.1. The van der Waals surface area contributed by atoms with E-state index < -0.39 is 0 Å². The molecule has 0 spiro atoms. The van der Waals surface area contributed by atoms with Gasteiger partial charge in [-0.05, 0) is 24.7 Å². The van der Waals surface area contributed by atoms with Crippen LogP contribution in [0.15, 0.2) is 42.0 Å². The summed E-state index contributed by atoms with van der Waals surface area (Å²) in [6.07, 6.45) is 3.98. The van der Waals surface area contributed by atoms with Crippen molar-refractivity contribution in [2.75, 3.05) is 0 Å². The van der Waals surface area contributed by atoms with Gasteiger partial charge in [-0.25, -0.2) is 0 Å². The van der Waals surface area contributed by atoms with E-state index in [1.165, 1.54) is 5.57 Å². The van der Waals surface area contributed by atoms with Gasteiger partial charge in [-0.15, -0.1) is 0 Å².